The summed E-state index contributed by atoms with van der Waals surface area (Å²) in [7, 11) is 3.71. The molecule has 1 aromatic carbocycles. The molecule has 1 aliphatic heterocycles. The molecule has 2 unspecified atom stereocenters. The van der Waals surface area contributed by atoms with Crippen LogP contribution >= 0.6 is 0 Å². The number of carbonyl (C=O) groups excluding carboxylic acids is 1. The first kappa shape index (κ1) is 22.8. The van der Waals surface area contributed by atoms with Gasteiger partial charge in [0.15, 0.2) is 5.96 Å². The average Bonchev–Trinajstić information content (AvgIpc) is 2.98. The van der Waals surface area contributed by atoms with E-state index in [1.165, 1.54) is 5.56 Å². The van der Waals surface area contributed by atoms with Gasteiger partial charge in [-0.25, -0.2) is 0 Å². The van der Waals surface area contributed by atoms with Crippen molar-refractivity contribution >= 4 is 11.9 Å². The number of aryl methyl sites for hydroxylation is 2. The fourth-order valence-corrected chi connectivity index (χ4v) is 3.94. The van der Waals surface area contributed by atoms with E-state index in [-0.39, 0.29) is 18.1 Å². The third-order valence-corrected chi connectivity index (χ3v) is 5.68. The van der Waals surface area contributed by atoms with Crippen LogP contribution in [-0.2, 0) is 24.9 Å². The number of nitrogens with one attached hydrogen (secondary N) is 2. The molecule has 8 heteroatoms. The smallest absolute Gasteiger partial charge is 0.254 e. The van der Waals surface area contributed by atoms with Crippen molar-refractivity contribution in [2.45, 2.75) is 53.0 Å². The summed E-state index contributed by atoms with van der Waals surface area (Å²) in [5.41, 5.74) is 5.13. The lowest BCUT2D eigenvalue weighted by Gasteiger charge is -2.35. The van der Waals surface area contributed by atoms with Gasteiger partial charge in [-0.15, -0.1) is 0 Å². The van der Waals surface area contributed by atoms with Crippen molar-refractivity contribution in [1.82, 2.24) is 25.3 Å². The Morgan fingerprint density at radius 2 is 1.74 bits per heavy atom. The van der Waals surface area contributed by atoms with Crippen molar-refractivity contribution in [1.29, 1.82) is 0 Å². The van der Waals surface area contributed by atoms with Crippen LogP contribution in [0.4, 0.5) is 0 Å². The molecule has 1 amide bonds. The Hall–Kier alpha value is -2.87. The van der Waals surface area contributed by atoms with Crippen LogP contribution in [0, 0.1) is 13.8 Å². The number of aromatic nitrogens is 2. The molecule has 2 heterocycles. The number of nitrogens with zero attached hydrogens (tertiary/aromatic N) is 4. The summed E-state index contributed by atoms with van der Waals surface area (Å²) in [6.07, 6.45) is 0.129. The minimum absolute atomic E-state index is 0.0567. The lowest BCUT2D eigenvalue weighted by Crippen LogP contribution is -2.48. The summed E-state index contributed by atoms with van der Waals surface area (Å²) in [5.74, 6) is 0.778. The fraction of sp³-hybridized carbons (Fsp3) is 0.522. The second kappa shape index (κ2) is 9.96. The van der Waals surface area contributed by atoms with Crippen LogP contribution in [0.3, 0.4) is 0 Å². The normalized spacial score (nSPS) is 19.4. The molecule has 0 saturated carbocycles. The second-order valence-corrected chi connectivity index (χ2v) is 8.22. The highest BCUT2D eigenvalue weighted by atomic mass is 16.5. The van der Waals surface area contributed by atoms with Gasteiger partial charge in [-0.2, -0.15) is 5.10 Å². The van der Waals surface area contributed by atoms with Gasteiger partial charge in [0.2, 0.25) is 0 Å². The van der Waals surface area contributed by atoms with Crippen molar-refractivity contribution < 1.29 is 9.53 Å². The number of rotatable bonds is 5. The van der Waals surface area contributed by atoms with Gasteiger partial charge in [-0.05, 0) is 45.4 Å². The maximum Gasteiger partial charge on any atom is 0.254 e. The van der Waals surface area contributed by atoms with Crippen LogP contribution in [0.25, 0.3) is 0 Å². The predicted molar refractivity (Wildman–Crippen MR) is 122 cm³/mol. The Bertz CT molecular complexity index is 924. The summed E-state index contributed by atoms with van der Waals surface area (Å²) in [6, 6.07) is 7.75. The molecule has 0 spiro atoms. The average molecular weight is 427 g/mol. The molecule has 2 aromatic rings. The lowest BCUT2D eigenvalue weighted by atomic mass is 10.1. The first-order valence-electron chi connectivity index (χ1n) is 10.8. The second-order valence-electron chi connectivity index (χ2n) is 8.22. The number of carbonyl (C=O) groups is 1. The summed E-state index contributed by atoms with van der Waals surface area (Å²) in [5, 5.41) is 11.1. The minimum Gasteiger partial charge on any atom is -0.372 e. The minimum atomic E-state index is 0.0567. The molecule has 168 valence electrons. The molecule has 0 aliphatic carbocycles. The SMILES string of the molecule is CN=C(NCc1ccc(C(=O)N2CC(C)OC(C)C2)cc1)NCc1c(C)nn(C)c1C. The molecule has 0 bridgehead atoms. The fourth-order valence-electron chi connectivity index (χ4n) is 3.94. The third kappa shape index (κ3) is 5.64. The molecule has 1 fully saturated rings. The number of aliphatic imine (C=N–C) groups is 1. The van der Waals surface area contributed by atoms with E-state index in [1.807, 2.05) is 61.7 Å². The molecule has 1 saturated heterocycles. The van der Waals surface area contributed by atoms with Gasteiger partial charge >= 0.3 is 0 Å². The monoisotopic (exact) mass is 426 g/mol. The van der Waals surface area contributed by atoms with Crippen molar-refractivity contribution in [2.24, 2.45) is 12.0 Å². The molecule has 8 nitrogen and oxygen atoms in total. The summed E-state index contributed by atoms with van der Waals surface area (Å²) < 4.78 is 7.62. The van der Waals surface area contributed by atoms with Crippen LogP contribution in [0.5, 0.6) is 0 Å². The van der Waals surface area contributed by atoms with Gasteiger partial charge in [0.1, 0.15) is 0 Å². The number of hydrogen-bond acceptors (Lipinski definition) is 4. The molecule has 1 aromatic heterocycles. The number of amides is 1. The quantitative estimate of drug-likeness (QED) is 0.565. The van der Waals surface area contributed by atoms with Crippen molar-refractivity contribution in [2.75, 3.05) is 20.1 Å². The standard InChI is InChI=1S/C23H34N6O2/c1-15-13-29(14-16(2)31-15)22(30)20-9-7-19(8-10-20)11-25-23(24-5)26-12-21-17(3)27-28(6)18(21)4/h7-10,15-16H,11-14H2,1-6H3,(H2,24,25,26). The Labute approximate surface area is 184 Å². The van der Waals surface area contributed by atoms with Crippen LogP contribution in [0.2, 0.25) is 0 Å². The zero-order valence-corrected chi connectivity index (χ0v) is 19.4. The van der Waals surface area contributed by atoms with Crippen LogP contribution in [0.15, 0.2) is 29.3 Å². The van der Waals surface area contributed by atoms with E-state index in [2.05, 4.69) is 27.6 Å². The molecule has 3 rings (SSSR count). The number of hydrogen-bond donors (Lipinski definition) is 2. The van der Waals surface area contributed by atoms with E-state index < -0.39 is 0 Å². The summed E-state index contributed by atoms with van der Waals surface area (Å²) in [6.45, 7) is 10.6. The van der Waals surface area contributed by atoms with E-state index in [0.717, 1.165) is 22.9 Å². The largest absolute Gasteiger partial charge is 0.372 e. The van der Waals surface area contributed by atoms with Gasteiger partial charge in [-0.1, -0.05) is 12.1 Å². The first-order chi connectivity index (χ1) is 14.8. The molecule has 1 aliphatic rings. The van der Waals surface area contributed by atoms with Crippen LogP contribution < -0.4 is 10.6 Å². The van der Waals surface area contributed by atoms with Crippen LogP contribution in [0.1, 0.15) is 46.7 Å². The van der Waals surface area contributed by atoms with Gasteiger partial charge in [0, 0.05) is 57.1 Å². The summed E-state index contributed by atoms with van der Waals surface area (Å²) in [4.78, 5) is 19.0. The van der Waals surface area contributed by atoms with Crippen LogP contribution in [-0.4, -0.2) is 58.9 Å². The highest BCUT2D eigenvalue weighted by Crippen LogP contribution is 2.15. The highest BCUT2D eigenvalue weighted by molar-refractivity contribution is 5.94. The predicted octanol–water partition coefficient (Wildman–Crippen LogP) is 2.15. The number of ether oxygens (including phenoxy) is 1. The Balaban J connectivity index is 1.53. The molecule has 0 radical (unpaired) electrons. The number of guanidine groups is 1. The van der Waals surface area contributed by atoms with Gasteiger partial charge in [0.25, 0.3) is 5.91 Å². The summed E-state index contributed by atoms with van der Waals surface area (Å²) >= 11 is 0. The Kier molecular flexibility index (Phi) is 7.33. The van der Waals surface area contributed by atoms with E-state index in [9.17, 15) is 4.79 Å². The lowest BCUT2D eigenvalue weighted by molar-refractivity contribution is -0.0586. The number of morpholine rings is 1. The third-order valence-electron chi connectivity index (χ3n) is 5.68. The van der Waals surface area contributed by atoms with E-state index >= 15 is 0 Å². The van der Waals surface area contributed by atoms with Gasteiger partial charge < -0.3 is 20.3 Å². The Morgan fingerprint density at radius 3 is 2.29 bits per heavy atom. The molecule has 2 atom stereocenters. The van der Waals surface area contributed by atoms with Crippen molar-refractivity contribution in [3.8, 4) is 0 Å². The highest BCUT2D eigenvalue weighted by Gasteiger charge is 2.26. The Morgan fingerprint density at radius 1 is 1.13 bits per heavy atom. The zero-order chi connectivity index (χ0) is 22.5. The molecular weight excluding hydrogens is 392 g/mol. The maximum absolute atomic E-state index is 12.8. The number of benzene rings is 1. The molecule has 31 heavy (non-hydrogen) atoms. The maximum atomic E-state index is 12.8. The first-order valence-corrected chi connectivity index (χ1v) is 10.8. The van der Waals surface area contributed by atoms with E-state index in [4.69, 9.17) is 4.74 Å². The van der Waals surface area contributed by atoms with Gasteiger partial charge in [-0.3, -0.25) is 14.5 Å². The van der Waals surface area contributed by atoms with Crippen molar-refractivity contribution in [3.63, 3.8) is 0 Å². The van der Waals surface area contributed by atoms with Crippen molar-refractivity contribution in [3.05, 3.63) is 52.3 Å². The van der Waals surface area contributed by atoms with E-state index in [0.29, 0.717) is 31.7 Å². The molecular formula is C23H34N6O2. The van der Waals surface area contributed by atoms with Gasteiger partial charge in [0.05, 0.1) is 17.9 Å². The molecule has 2 N–H and O–H groups in total. The zero-order valence-electron chi connectivity index (χ0n) is 19.4. The topological polar surface area (TPSA) is 83.8 Å². The van der Waals surface area contributed by atoms with E-state index in [1.54, 1.807) is 7.05 Å².